The van der Waals surface area contributed by atoms with E-state index in [0.717, 1.165) is 4.57 Å². The van der Waals surface area contributed by atoms with Gasteiger partial charge in [0, 0.05) is 25.3 Å². The van der Waals surface area contributed by atoms with Crippen LogP contribution in [0.15, 0.2) is 15.9 Å². The van der Waals surface area contributed by atoms with Crippen LogP contribution in [-0.2, 0) is 27.4 Å². The topological polar surface area (TPSA) is 118 Å². The highest BCUT2D eigenvalue weighted by atomic mass is 31.1. The average Bonchev–Trinajstić information content (AvgIpc) is 3.10. The lowest BCUT2D eigenvalue weighted by Gasteiger charge is -2.13. The van der Waals surface area contributed by atoms with Crippen molar-refractivity contribution in [1.82, 2.24) is 18.7 Å². The molecular formula is C16H28N4O6P+. The summed E-state index contributed by atoms with van der Waals surface area (Å²) in [6, 6.07) is 0. The molecule has 0 saturated heterocycles. The maximum absolute atomic E-state index is 12.6. The summed E-state index contributed by atoms with van der Waals surface area (Å²) in [7, 11) is 0.338. The van der Waals surface area contributed by atoms with Crippen LogP contribution in [0.5, 0.6) is 0 Å². The molecule has 0 spiro atoms. The normalized spacial score (nSPS) is 12.6. The summed E-state index contributed by atoms with van der Waals surface area (Å²) in [5, 5.41) is 0. The van der Waals surface area contributed by atoms with E-state index < -0.39 is 25.7 Å². The molecule has 2 atom stereocenters. The van der Waals surface area contributed by atoms with Crippen molar-refractivity contribution in [2.75, 3.05) is 13.7 Å². The van der Waals surface area contributed by atoms with Crippen molar-refractivity contribution >= 4 is 19.4 Å². The molecule has 1 N–H and O–H groups in total. The molecule has 2 unspecified atom stereocenters. The quantitative estimate of drug-likeness (QED) is 0.528. The van der Waals surface area contributed by atoms with Crippen molar-refractivity contribution in [1.29, 1.82) is 0 Å². The summed E-state index contributed by atoms with van der Waals surface area (Å²) in [5.41, 5.74) is -0.463. The van der Waals surface area contributed by atoms with Crippen molar-refractivity contribution in [2.24, 2.45) is 7.05 Å². The molecule has 10 nitrogen and oxygen atoms in total. The molecule has 0 aliphatic rings. The number of hydrogen-bond acceptors (Lipinski definition) is 6. The first-order chi connectivity index (χ1) is 12.8. The summed E-state index contributed by atoms with van der Waals surface area (Å²) in [4.78, 5) is 37.6. The van der Waals surface area contributed by atoms with Gasteiger partial charge in [0.25, 0.3) is 5.56 Å². The molecule has 0 aromatic carbocycles. The maximum Gasteiger partial charge on any atom is 0.694 e. The first kappa shape index (κ1) is 23.2. The van der Waals surface area contributed by atoms with Gasteiger partial charge in [-0.1, -0.05) is 26.7 Å². The van der Waals surface area contributed by atoms with Crippen molar-refractivity contribution < 1.29 is 18.7 Å². The number of aryl methyl sites for hydroxylation is 1. The second-order valence-corrected chi connectivity index (χ2v) is 6.62. The summed E-state index contributed by atoms with van der Waals surface area (Å²) < 4.78 is 24.1. The Balaban J connectivity index is 0.000000828. The zero-order chi connectivity index (χ0) is 20.6. The monoisotopic (exact) mass is 403 g/mol. The summed E-state index contributed by atoms with van der Waals surface area (Å²) in [6.07, 6.45) is 3.92. The number of aromatic nitrogens is 4. The van der Waals surface area contributed by atoms with Crippen molar-refractivity contribution in [3.05, 3.63) is 27.2 Å². The fraction of sp³-hybridized carbons (Fsp3) is 0.688. The number of rotatable bonds is 8. The molecule has 2 heterocycles. The van der Waals surface area contributed by atoms with Gasteiger partial charge in [-0.05, 0) is 13.3 Å². The Morgan fingerprint density at radius 1 is 1.30 bits per heavy atom. The number of nitrogens with zero attached hydrogens (tertiary/aromatic N) is 4. The van der Waals surface area contributed by atoms with Gasteiger partial charge in [0.1, 0.15) is 12.8 Å². The highest BCUT2D eigenvalue weighted by Gasteiger charge is 2.19. The third kappa shape index (κ3) is 5.80. The highest BCUT2D eigenvalue weighted by molar-refractivity contribution is 7.32. The third-order valence-corrected chi connectivity index (χ3v) is 4.42. The van der Waals surface area contributed by atoms with Crippen LogP contribution in [0.2, 0.25) is 0 Å². The average molecular weight is 403 g/mol. The predicted molar refractivity (Wildman–Crippen MR) is 102 cm³/mol. The molecule has 2 rings (SSSR count). The van der Waals surface area contributed by atoms with Crippen molar-refractivity contribution in [3.63, 3.8) is 0 Å². The number of ether oxygens (including phenoxy) is 1. The van der Waals surface area contributed by atoms with E-state index in [1.807, 2.05) is 0 Å². The number of fused-ring (bicyclic) bond motifs is 1. The molecule has 0 aliphatic heterocycles. The van der Waals surface area contributed by atoms with Gasteiger partial charge >= 0.3 is 13.9 Å². The van der Waals surface area contributed by atoms with E-state index in [2.05, 4.69) is 23.4 Å². The van der Waals surface area contributed by atoms with Crippen LogP contribution < -0.4 is 11.2 Å². The van der Waals surface area contributed by atoms with Crippen LogP contribution in [0.4, 0.5) is 0 Å². The van der Waals surface area contributed by atoms with E-state index in [9.17, 15) is 14.2 Å². The van der Waals surface area contributed by atoms with Gasteiger partial charge < -0.3 is 4.74 Å². The lowest BCUT2D eigenvalue weighted by atomic mass is 10.4. The van der Waals surface area contributed by atoms with Crippen LogP contribution in [0, 0.1) is 0 Å². The zero-order valence-electron chi connectivity index (χ0n) is 16.4. The molecular weight excluding hydrogens is 375 g/mol. The van der Waals surface area contributed by atoms with Gasteiger partial charge in [-0.15, -0.1) is 9.42 Å². The minimum absolute atomic E-state index is 0.0347. The lowest BCUT2D eigenvalue weighted by molar-refractivity contribution is 0.0635. The summed E-state index contributed by atoms with van der Waals surface area (Å²) in [5.74, 6) is 0. The molecule has 2 aromatic heterocycles. The predicted octanol–water partition coefficient (Wildman–Crippen LogP) is 1.92. The molecule has 0 amide bonds. The molecule has 0 aliphatic carbocycles. The van der Waals surface area contributed by atoms with Gasteiger partial charge in [-0.3, -0.25) is 18.5 Å². The Morgan fingerprint density at radius 3 is 2.44 bits per heavy atom. The first-order valence-electron chi connectivity index (χ1n) is 8.78. The van der Waals surface area contributed by atoms with Crippen LogP contribution in [0.1, 0.15) is 46.3 Å². The Morgan fingerprint density at radius 2 is 1.93 bits per heavy atom. The fourth-order valence-electron chi connectivity index (χ4n) is 2.24. The number of hydrogen-bond donors (Lipinski definition) is 1. The Kier molecular flexibility index (Phi) is 9.51. The second-order valence-electron chi connectivity index (χ2n) is 5.88. The first-order valence-corrected chi connectivity index (χ1v) is 9.91. The molecule has 0 radical (unpaired) electrons. The SMILES string of the molecule is CCCC.COC(C)n1cnc2c1c(=O)n(CCCO[P+](=O)O)c(=O)n2C. The molecule has 0 fully saturated rings. The van der Waals surface area contributed by atoms with Gasteiger partial charge in [-0.25, -0.2) is 9.78 Å². The Bertz CT molecular complexity index is 870. The standard InChI is InChI=1S/C12H17N4O6P.C4H10/c1-8(21-3)16-7-13-10-9(16)11(17)15(12(18)14(10)2)5-4-6-22-23(19)20;1-3-4-2/h7-8H,4-6H2,1-3H3;3-4H2,1-2H3/p+1. The van der Waals surface area contributed by atoms with E-state index in [4.69, 9.17) is 9.63 Å². The maximum atomic E-state index is 12.6. The van der Waals surface area contributed by atoms with E-state index in [1.54, 1.807) is 11.5 Å². The Hall–Kier alpha value is -1.87. The van der Waals surface area contributed by atoms with Crippen LogP contribution >= 0.6 is 8.25 Å². The van der Waals surface area contributed by atoms with Crippen molar-refractivity contribution in [3.8, 4) is 0 Å². The molecule has 27 heavy (non-hydrogen) atoms. The fourth-order valence-corrected chi connectivity index (χ4v) is 2.53. The summed E-state index contributed by atoms with van der Waals surface area (Å²) in [6.45, 7) is 6.14. The highest BCUT2D eigenvalue weighted by Crippen LogP contribution is 2.15. The Labute approximate surface area is 158 Å². The molecule has 2 aromatic rings. The van der Waals surface area contributed by atoms with Gasteiger partial charge in [0.15, 0.2) is 11.2 Å². The molecule has 11 heteroatoms. The van der Waals surface area contributed by atoms with E-state index >= 15 is 0 Å². The van der Waals surface area contributed by atoms with E-state index in [-0.39, 0.29) is 30.7 Å². The molecule has 0 bridgehead atoms. The van der Waals surface area contributed by atoms with Gasteiger partial charge in [0.05, 0.1) is 6.33 Å². The van der Waals surface area contributed by atoms with Crippen molar-refractivity contribution in [2.45, 2.75) is 52.8 Å². The van der Waals surface area contributed by atoms with Crippen LogP contribution in [0.3, 0.4) is 0 Å². The minimum Gasteiger partial charge on any atom is -0.362 e. The van der Waals surface area contributed by atoms with Crippen LogP contribution in [-0.4, -0.2) is 37.3 Å². The van der Waals surface area contributed by atoms with E-state index in [1.165, 1.54) is 37.9 Å². The van der Waals surface area contributed by atoms with Crippen LogP contribution in [0.25, 0.3) is 11.2 Å². The summed E-state index contributed by atoms with van der Waals surface area (Å²) >= 11 is 0. The number of methoxy groups -OCH3 is 1. The molecule has 152 valence electrons. The zero-order valence-corrected chi connectivity index (χ0v) is 17.3. The third-order valence-electron chi connectivity index (χ3n) is 4.02. The second kappa shape index (κ2) is 11.1. The van der Waals surface area contributed by atoms with Gasteiger partial charge in [-0.2, -0.15) is 0 Å². The largest absolute Gasteiger partial charge is 0.694 e. The lowest BCUT2D eigenvalue weighted by Crippen LogP contribution is -2.40. The smallest absolute Gasteiger partial charge is 0.362 e. The number of unbranched alkanes of at least 4 members (excludes halogenated alkanes) is 1. The molecule has 0 saturated carbocycles. The minimum atomic E-state index is -2.69. The number of imidazole rings is 1. The van der Waals surface area contributed by atoms with E-state index in [0.29, 0.717) is 0 Å². The van der Waals surface area contributed by atoms with Gasteiger partial charge in [0.2, 0.25) is 0 Å².